The number of aliphatic hydroxyl groups is 2. The number of carbonyl (C=O) groups is 1. The highest BCUT2D eigenvalue weighted by atomic mass is 16.7. The molecular formula is C30H35NO6. The molecule has 0 aromatic heterocycles. The molecule has 3 N–H and O–H groups in total. The summed E-state index contributed by atoms with van der Waals surface area (Å²) in [6.45, 7) is 4.05. The number of rotatable bonds is 9. The lowest BCUT2D eigenvalue weighted by atomic mass is 9.89. The van der Waals surface area contributed by atoms with Gasteiger partial charge in [0.1, 0.15) is 24.1 Å². The molecule has 4 atom stereocenters. The second kappa shape index (κ2) is 11.9. The third kappa shape index (κ3) is 6.37. The molecule has 0 aliphatic carbocycles. The summed E-state index contributed by atoms with van der Waals surface area (Å²) in [5.74, 6) is 0.124. The second-order valence-corrected chi connectivity index (χ2v) is 9.76. The average Bonchev–Trinajstić information content (AvgIpc) is 2.90. The number of amides is 1. The number of benzene rings is 3. The van der Waals surface area contributed by atoms with Crippen LogP contribution in [0.2, 0.25) is 0 Å². The number of ether oxygens (including phenoxy) is 3. The Hall–Kier alpha value is -3.23. The first-order chi connectivity index (χ1) is 17.8. The van der Waals surface area contributed by atoms with E-state index >= 15 is 0 Å². The Balaban J connectivity index is 1.52. The highest BCUT2D eigenvalue weighted by Gasteiger charge is 2.50. The van der Waals surface area contributed by atoms with Gasteiger partial charge in [0.25, 0.3) is 5.91 Å². The van der Waals surface area contributed by atoms with Crippen LogP contribution >= 0.6 is 0 Å². The highest BCUT2D eigenvalue weighted by molar-refractivity contribution is 6.01. The van der Waals surface area contributed by atoms with Gasteiger partial charge in [-0.25, -0.2) is 0 Å². The maximum Gasteiger partial charge on any atom is 0.252 e. The maximum atomic E-state index is 13.3. The van der Waals surface area contributed by atoms with E-state index in [1.165, 1.54) is 12.7 Å². The van der Waals surface area contributed by atoms with Crippen molar-refractivity contribution in [3.8, 4) is 16.9 Å². The zero-order chi connectivity index (χ0) is 26.4. The minimum atomic E-state index is -1.33. The van der Waals surface area contributed by atoms with Crippen molar-refractivity contribution in [2.24, 2.45) is 0 Å². The molecule has 7 heteroatoms. The van der Waals surface area contributed by atoms with Crippen LogP contribution in [0.5, 0.6) is 5.75 Å². The van der Waals surface area contributed by atoms with E-state index in [0.717, 1.165) is 24.0 Å². The summed E-state index contributed by atoms with van der Waals surface area (Å²) < 4.78 is 17.2. The van der Waals surface area contributed by atoms with Gasteiger partial charge in [-0.2, -0.15) is 0 Å². The number of aryl methyl sites for hydroxylation is 1. The van der Waals surface area contributed by atoms with Gasteiger partial charge >= 0.3 is 0 Å². The van der Waals surface area contributed by atoms with Crippen LogP contribution in [0.15, 0.2) is 78.9 Å². The standard InChI is InChI=1S/C30H35NO6/c1-30(2)27(35-3)25(32)26(33)29(37-30)36-22-16-17-23(21-14-8-5-9-15-21)24(19-22)28(34)31-18-10-13-20-11-6-4-7-12-20/h4-9,11-12,14-17,19,25-27,29,32-33H,10,13,18H2,1-3H3,(H,31,34)/t25-,26+,27-,29+/m0/s1. The van der Waals surface area contributed by atoms with Crippen molar-refractivity contribution < 1.29 is 29.2 Å². The lowest BCUT2D eigenvalue weighted by molar-refractivity contribution is -0.305. The van der Waals surface area contributed by atoms with E-state index in [2.05, 4.69) is 17.4 Å². The monoisotopic (exact) mass is 505 g/mol. The number of carbonyl (C=O) groups excluding carboxylic acids is 1. The fourth-order valence-corrected chi connectivity index (χ4v) is 4.73. The topological polar surface area (TPSA) is 97.3 Å². The minimum absolute atomic E-state index is 0.220. The largest absolute Gasteiger partial charge is 0.462 e. The molecule has 1 aliphatic rings. The first-order valence-electron chi connectivity index (χ1n) is 12.5. The molecule has 37 heavy (non-hydrogen) atoms. The summed E-state index contributed by atoms with van der Waals surface area (Å²) in [5.41, 5.74) is 2.43. The first kappa shape index (κ1) is 26.8. The van der Waals surface area contributed by atoms with Crippen molar-refractivity contribution in [1.29, 1.82) is 0 Å². The lowest BCUT2D eigenvalue weighted by Crippen LogP contribution is -2.63. The van der Waals surface area contributed by atoms with Crippen LogP contribution in [0.1, 0.15) is 36.2 Å². The van der Waals surface area contributed by atoms with Crippen LogP contribution in [0.4, 0.5) is 0 Å². The summed E-state index contributed by atoms with van der Waals surface area (Å²) in [4.78, 5) is 13.3. The van der Waals surface area contributed by atoms with E-state index in [-0.39, 0.29) is 5.91 Å². The number of hydrogen-bond donors (Lipinski definition) is 3. The van der Waals surface area contributed by atoms with Gasteiger partial charge in [0.05, 0.1) is 11.2 Å². The number of aliphatic hydroxyl groups excluding tert-OH is 2. The Morgan fingerprint density at radius 3 is 2.32 bits per heavy atom. The van der Waals surface area contributed by atoms with E-state index in [1.54, 1.807) is 26.0 Å². The lowest BCUT2D eigenvalue weighted by Gasteiger charge is -2.46. The van der Waals surface area contributed by atoms with Crippen molar-refractivity contribution in [3.05, 3.63) is 90.0 Å². The zero-order valence-electron chi connectivity index (χ0n) is 21.5. The average molecular weight is 506 g/mol. The van der Waals surface area contributed by atoms with Gasteiger partial charge in [0, 0.05) is 13.7 Å². The van der Waals surface area contributed by atoms with Gasteiger partial charge in [-0.1, -0.05) is 60.7 Å². The molecule has 3 aromatic carbocycles. The molecule has 0 radical (unpaired) electrons. The molecule has 3 aromatic rings. The van der Waals surface area contributed by atoms with Gasteiger partial charge in [-0.15, -0.1) is 0 Å². The van der Waals surface area contributed by atoms with E-state index in [4.69, 9.17) is 14.2 Å². The summed E-state index contributed by atoms with van der Waals surface area (Å²) in [7, 11) is 1.46. The Kier molecular flexibility index (Phi) is 8.61. The van der Waals surface area contributed by atoms with Crippen LogP contribution < -0.4 is 10.1 Å². The number of nitrogens with one attached hydrogen (secondary N) is 1. The quantitative estimate of drug-likeness (QED) is 0.381. The van der Waals surface area contributed by atoms with E-state index in [1.807, 2.05) is 54.6 Å². The molecule has 1 amide bonds. The summed E-state index contributed by atoms with van der Waals surface area (Å²) in [5, 5.41) is 24.2. The van der Waals surface area contributed by atoms with Gasteiger partial charge in [-0.3, -0.25) is 4.79 Å². The molecule has 0 saturated carbocycles. The third-order valence-electron chi connectivity index (χ3n) is 6.64. The van der Waals surface area contributed by atoms with Crippen molar-refractivity contribution in [1.82, 2.24) is 5.32 Å². The number of methoxy groups -OCH3 is 1. The smallest absolute Gasteiger partial charge is 0.252 e. The van der Waals surface area contributed by atoms with Crippen LogP contribution in [0.3, 0.4) is 0 Å². The normalized spacial score (nSPS) is 22.8. The summed E-state index contributed by atoms with van der Waals surface area (Å²) in [6.07, 6.45) is -2.71. The Morgan fingerprint density at radius 1 is 0.973 bits per heavy atom. The molecule has 1 fully saturated rings. The number of hydrogen-bond acceptors (Lipinski definition) is 6. The van der Waals surface area contributed by atoms with Gasteiger partial charge < -0.3 is 29.7 Å². The summed E-state index contributed by atoms with van der Waals surface area (Å²) >= 11 is 0. The van der Waals surface area contributed by atoms with E-state index < -0.39 is 30.2 Å². The molecule has 0 unspecified atom stereocenters. The minimum Gasteiger partial charge on any atom is -0.462 e. The summed E-state index contributed by atoms with van der Waals surface area (Å²) in [6, 6.07) is 25.0. The Morgan fingerprint density at radius 2 is 1.65 bits per heavy atom. The molecule has 196 valence electrons. The van der Waals surface area contributed by atoms with Crippen LogP contribution in [0, 0.1) is 0 Å². The van der Waals surface area contributed by atoms with Crippen LogP contribution in [0.25, 0.3) is 11.1 Å². The molecule has 1 aliphatic heterocycles. The van der Waals surface area contributed by atoms with E-state index in [9.17, 15) is 15.0 Å². The third-order valence-corrected chi connectivity index (χ3v) is 6.64. The predicted molar refractivity (Wildman–Crippen MR) is 141 cm³/mol. The van der Waals surface area contributed by atoms with Crippen molar-refractivity contribution in [2.45, 2.75) is 56.9 Å². The van der Waals surface area contributed by atoms with Crippen molar-refractivity contribution in [3.63, 3.8) is 0 Å². The van der Waals surface area contributed by atoms with Crippen molar-refractivity contribution in [2.75, 3.05) is 13.7 Å². The van der Waals surface area contributed by atoms with Crippen molar-refractivity contribution >= 4 is 5.91 Å². The zero-order valence-corrected chi connectivity index (χ0v) is 21.5. The first-order valence-corrected chi connectivity index (χ1v) is 12.5. The maximum absolute atomic E-state index is 13.3. The fraction of sp³-hybridized carbons (Fsp3) is 0.367. The van der Waals surface area contributed by atoms with Gasteiger partial charge in [-0.05, 0) is 61.6 Å². The van der Waals surface area contributed by atoms with E-state index in [0.29, 0.717) is 17.9 Å². The molecule has 1 saturated heterocycles. The molecule has 1 heterocycles. The molecule has 7 nitrogen and oxygen atoms in total. The van der Waals surface area contributed by atoms with Gasteiger partial charge in [0.2, 0.25) is 6.29 Å². The second-order valence-electron chi connectivity index (χ2n) is 9.76. The predicted octanol–water partition coefficient (Wildman–Crippen LogP) is 3.97. The van der Waals surface area contributed by atoms with Gasteiger partial charge in [0.15, 0.2) is 0 Å². The van der Waals surface area contributed by atoms with Crippen LogP contribution in [-0.2, 0) is 15.9 Å². The Labute approximate surface area is 218 Å². The molecule has 0 bridgehead atoms. The molecule has 4 rings (SSSR count). The Bertz CT molecular complexity index is 1170. The molecule has 0 spiro atoms. The highest BCUT2D eigenvalue weighted by Crippen LogP contribution is 2.34. The SMILES string of the molecule is CO[C@H]1[C@@H](O)[C@@H](O)[C@H](Oc2ccc(-c3ccccc3)c(C(=O)NCCCc3ccccc3)c2)OC1(C)C. The molecular weight excluding hydrogens is 470 g/mol. The van der Waals surface area contributed by atoms with Crippen LogP contribution in [-0.4, -0.2) is 60.0 Å². The fourth-order valence-electron chi connectivity index (χ4n) is 4.73.